The first-order valence-corrected chi connectivity index (χ1v) is 19.1. The minimum atomic E-state index is 0.487. The maximum Gasteiger partial charge on any atom is 0.188 e. The summed E-state index contributed by atoms with van der Waals surface area (Å²) in [5.41, 5.74) is 12.2. The van der Waals surface area contributed by atoms with E-state index in [9.17, 15) is 15.8 Å². The van der Waals surface area contributed by atoms with Gasteiger partial charge in [-0.25, -0.2) is 4.85 Å². The molecule has 0 spiro atoms. The van der Waals surface area contributed by atoms with Crippen molar-refractivity contribution in [3.05, 3.63) is 192 Å². The average molecular weight is 750 g/mol. The van der Waals surface area contributed by atoms with Crippen molar-refractivity contribution >= 4 is 71.1 Å². The van der Waals surface area contributed by atoms with E-state index in [0.717, 1.165) is 93.6 Å². The van der Waals surface area contributed by atoms with Gasteiger partial charge in [0, 0.05) is 49.4 Å². The molecule has 0 aliphatic rings. The van der Waals surface area contributed by atoms with Crippen molar-refractivity contribution in [3.8, 4) is 46.4 Å². The van der Waals surface area contributed by atoms with E-state index in [4.69, 9.17) is 6.57 Å². The van der Waals surface area contributed by atoms with Crippen molar-refractivity contribution in [2.24, 2.45) is 0 Å². The normalized spacial score (nSPS) is 11.3. The highest BCUT2D eigenvalue weighted by Crippen LogP contribution is 2.41. The van der Waals surface area contributed by atoms with Gasteiger partial charge in [0.2, 0.25) is 0 Å². The van der Waals surface area contributed by atoms with Gasteiger partial charge in [-0.05, 0) is 84.2 Å². The van der Waals surface area contributed by atoms with Crippen LogP contribution in [0.2, 0.25) is 0 Å². The molecule has 0 amide bonds. The number of para-hydroxylation sites is 4. The van der Waals surface area contributed by atoms with Crippen LogP contribution in [0.15, 0.2) is 164 Å². The molecule has 0 atom stereocenters. The number of nitrogens with zero attached hydrogens (tertiary/aromatic N) is 7. The Bertz CT molecular complexity index is 3790. The van der Waals surface area contributed by atoms with Crippen LogP contribution in [0.1, 0.15) is 16.7 Å². The third kappa shape index (κ3) is 4.84. The van der Waals surface area contributed by atoms with E-state index in [2.05, 4.69) is 98.9 Å². The Morgan fingerprint density at radius 2 is 1.03 bits per heavy atom. The number of benzene rings is 8. The van der Waals surface area contributed by atoms with Crippen LogP contribution in [-0.4, -0.2) is 13.7 Å². The zero-order valence-electron chi connectivity index (χ0n) is 31.2. The number of hydrogen-bond acceptors (Lipinski definition) is 3. The molecule has 0 fully saturated rings. The number of fused-ring (bicyclic) bond motifs is 9. The first kappa shape index (κ1) is 33.5. The summed E-state index contributed by atoms with van der Waals surface area (Å²) in [4.78, 5) is 3.66. The molecule has 270 valence electrons. The highest BCUT2D eigenvalue weighted by Gasteiger charge is 2.21. The number of aromatic nitrogens is 3. The molecule has 0 aliphatic heterocycles. The molecule has 11 aromatic rings. The zero-order valence-corrected chi connectivity index (χ0v) is 31.2. The van der Waals surface area contributed by atoms with Crippen LogP contribution in [0, 0.1) is 40.6 Å². The second-order valence-electron chi connectivity index (χ2n) is 14.6. The van der Waals surface area contributed by atoms with E-state index >= 15 is 0 Å². The van der Waals surface area contributed by atoms with Gasteiger partial charge >= 0.3 is 0 Å². The van der Waals surface area contributed by atoms with Crippen molar-refractivity contribution < 1.29 is 0 Å². The third-order valence-electron chi connectivity index (χ3n) is 11.6. The van der Waals surface area contributed by atoms with E-state index in [1.807, 2.05) is 89.5 Å². The quantitative estimate of drug-likeness (QED) is 0.168. The number of nitriles is 3. The highest BCUT2D eigenvalue weighted by molar-refractivity contribution is 6.14. The van der Waals surface area contributed by atoms with Crippen LogP contribution in [-0.2, 0) is 0 Å². The predicted octanol–water partition coefficient (Wildman–Crippen LogP) is 12.8. The lowest BCUT2D eigenvalue weighted by Crippen LogP contribution is -2.01. The smallest absolute Gasteiger partial charge is 0.188 e. The largest absolute Gasteiger partial charge is 0.309 e. The van der Waals surface area contributed by atoms with Gasteiger partial charge in [-0.1, -0.05) is 84.9 Å². The monoisotopic (exact) mass is 749 g/mol. The molecule has 7 nitrogen and oxygen atoms in total. The van der Waals surface area contributed by atoms with Gasteiger partial charge in [0.1, 0.15) is 6.07 Å². The molecule has 3 aromatic heterocycles. The van der Waals surface area contributed by atoms with Gasteiger partial charge < -0.3 is 13.7 Å². The Balaban J connectivity index is 1.14. The standard InChI is InChI=1S/C52H27N7/c1-56-35-18-24-50-45(27-35)43-13-8-9-33(30-54)52(43)58(50)36-19-21-38(34(26-36)31-55)39-10-2-6-15-47(39)59-48-16-7-3-11-40(48)42-22-20-37(28-51(42)59)57-46-14-5-4-12-41(46)44-25-32(29-53)17-23-49(44)57/h2-28H. The molecule has 0 bridgehead atoms. The molecule has 0 unspecified atom stereocenters. The van der Waals surface area contributed by atoms with Crippen LogP contribution in [0.3, 0.4) is 0 Å². The Hall–Kier alpha value is -8.88. The molecule has 59 heavy (non-hydrogen) atoms. The van der Waals surface area contributed by atoms with Crippen molar-refractivity contribution in [1.29, 1.82) is 15.8 Å². The first-order chi connectivity index (χ1) is 29.1. The molecule has 0 N–H and O–H groups in total. The van der Waals surface area contributed by atoms with Crippen LogP contribution in [0.25, 0.3) is 98.5 Å². The molecular formula is C52H27N7. The van der Waals surface area contributed by atoms with Gasteiger partial charge in [-0.3, -0.25) is 0 Å². The summed E-state index contributed by atoms with van der Waals surface area (Å²) < 4.78 is 6.58. The lowest BCUT2D eigenvalue weighted by molar-refractivity contribution is 1.15. The Kier molecular flexibility index (Phi) is 7.28. The molecule has 0 radical (unpaired) electrons. The van der Waals surface area contributed by atoms with Gasteiger partial charge in [0.25, 0.3) is 0 Å². The molecule has 7 heteroatoms. The van der Waals surface area contributed by atoms with E-state index in [1.54, 1.807) is 12.1 Å². The minimum Gasteiger partial charge on any atom is -0.309 e. The molecule has 8 aromatic carbocycles. The Labute approximate surface area is 337 Å². The fourth-order valence-corrected chi connectivity index (χ4v) is 9.06. The Morgan fingerprint density at radius 1 is 0.407 bits per heavy atom. The van der Waals surface area contributed by atoms with Crippen molar-refractivity contribution in [3.63, 3.8) is 0 Å². The summed E-state index contributed by atoms with van der Waals surface area (Å²) in [6.45, 7) is 7.62. The molecule has 0 saturated heterocycles. The van der Waals surface area contributed by atoms with Gasteiger partial charge in [0.05, 0.1) is 74.2 Å². The fraction of sp³-hybridized carbons (Fsp3) is 0. The lowest BCUT2D eigenvalue weighted by atomic mass is 9.97. The van der Waals surface area contributed by atoms with E-state index in [0.29, 0.717) is 22.4 Å². The number of rotatable bonds is 4. The molecule has 0 saturated carbocycles. The third-order valence-corrected chi connectivity index (χ3v) is 11.6. The van der Waals surface area contributed by atoms with Crippen LogP contribution in [0.5, 0.6) is 0 Å². The molecule has 0 aliphatic carbocycles. The van der Waals surface area contributed by atoms with Crippen molar-refractivity contribution in [2.75, 3.05) is 0 Å². The summed E-state index contributed by atoms with van der Waals surface area (Å²) >= 11 is 0. The second kappa shape index (κ2) is 12.8. The predicted molar refractivity (Wildman–Crippen MR) is 235 cm³/mol. The summed E-state index contributed by atoms with van der Waals surface area (Å²) in [7, 11) is 0. The van der Waals surface area contributed by atoms with Crippen molar-refractivity contribution in [2.45, 2.75) is 0 Å². The maximum absolute atomic E-state index is 10.8. The minimum absolute atomic E-state index is 0.487. The fourth-order valence-electron chi connectivity index (χ4n) is 9.06. The molecular weight excluding hydrogens is 723 g/mol. The lowest BCUT2D eigenvalue weighted by Gasteiger charge is -2.17. The second-order valence-corrected chi connectivity index (χ2v) is 14.6. The summed E-state index contributed by atoms with van der Waals surface area (Å²) in [6.07, 6.45) is 0. The van der Waals surface area contributed by atoms with Crippen LogP contribution >= 0.6 is 0 Å². The maximum atomic E-state index is 10.8. The van der Waals surface area contributed by atoms with E-state index in [1.165, 1.54) is 0 Å². The molecule has 11 rings (SSSR count). The average Bonchev–Trinajstić information content (AvgIpc) is 3.93. The zero-order chi connectivity index (χ0) is 39.8. The van der Waals surface area contributed by atoms with Gasteiger partial charge in [0.15, 0.2) is 5.69 Å². The summed E-state index contributed by atoms with van der Waals surface area (Å²) in [5, 5.41) is 36.8. The highest BCUT2D eigenvalue weighted by atomic mass is 15.0. The van der Waals surface area contributed by atoms with Gasteiger partial charge in [-0.2, -0.15) is 15.8 Å². The SMILES string of the molecule is [C-]#[N+]c1ccc2c(c1)c1cccc(C#N)c1n2-c1ccc(-c2ccccc2-n2c3ccccc3c3ccc(-n4c5ccccc5c5cc(C#N)ccc54)cc32)c(C#N)c1. The summed E-state index contributed by atoms with van der Waals surface area (Å²) in [6, 6.07) is 61.6. The van der Waals surface area contributed by atoms with Crippen LogP contribution in [0.4, 0.5) is 5.69 Å². The number of hydrogen-bond donors (Lipinski definition) is 0. The first-order valence-electron chi connectivity index (χ1n) is 19.1. The topological polar surface area (TPSA) is 90.5 Å². The summed E-state index contributed by atoms with van der Waals surface area (Å²) in [5.74, 6) is 0. The van der Waals surface area contributed by atoms with E-state index in [-0.39, 0.29) is 0 Å². The molecule has 3 heterocycles. The van der Waals surface area contributed by atoms with E-state index < -0.39 is 0 Å². The van der Waals surface area contributed by atoms with Crippen molar-refractivity contribution in [1.82, 2.24) is 13.7 Å². The Morgan fingerprint density at radius 3 is 1.83 bits per heavy atom. The van der Waals surface area contributed by atoms with Crippen LogP contribution < -0.4 is 0 Å². The van der Waals surface area contributed by atoms with Gasteiger partial charge in [-0.15, -0.1) is 0 Å².